The average Bonchev–Trinajstić information content (AvgIpc) is 3.22. The van der Waals surface area contributed by atoms with Crippen LogP contribution in [0.15, 0.2) is 30.3 Å². The lowest BCUT2D eigenvalue weighted by molar-refractivity contribution is 0.138. The molecule has 3 rings (SSSR count). The Hall–Kier alpha value is -0.820. The van der Waals surface area contributed by atoms with Gasteiger partial charge in [-0.15, -0.1) is 0 Å². The van der Waals surface area contributed by atoms with Gasteiger partial charge in [0.15, 0.2) is 0 Å². The first kappa shape index (κ1) is 14.1. The van der Waals surface area contributed by atoms with Gasteiger partial charge in [0.25, 0.3) is 0 Å². The fourth-order valence-electron chi connectivity index (χ4n) is 4.02. The van der Waals surface area contributed by atoms with E-state index in [2.05, 4.69) is 56.4 Å². The van der Waals surface area contributed by atoms with E-state index in [9.17, 15) is 0 Å². The van der Waals surface area contributed by atoms with Gasteiger partial charge in [-0.1, -0.05) is 51.1 Å². The second-order valence-corrected chi connectivity index (χ2v) is 7.88. The number of hydrogen-bond acceptors (Lipinski definition) is 1. The van der Waals surface area contributed by atoms with E-state index in [-0.39, 0.29) is 0 Å². The van der Waals surface area contributed by atoms with Gasteiger partial charge >= 0.3 is 0 Å². The minimum atomic E-state index is 0.541. The largest absolute Gasteiger partial charge is 0.307 e. The van der Waals surface area contributed by atoms with Gasteiger partial charge in [-0.05, 0) is 54.9 Å². The van der Waals surface area contributed by atoms with Gasteiger partial charge in [0.2, 0.25) is 0 Å². The highest BCUT2D eigenvalue weighted by Crippen LogP contribution is 2.44. The zero-order chi connectivity index (χ0) is 14.2. The Kier molecular flexibility index (Phi) is 3.90. The highest BCUT2D eigenvalue weighted by atomic mass is 15.0. The third-order valence-corrected chi connectivity index (χ3v) is 5.34. The second-order valence-electron chi connectivity index (χ2n) is 7.88. The van der Waals surface area contributed by atoms with Crippen molar-refractivity contribution in [3.05, 3.63) is 35.9 Å². The Morgan fingerprint density at radius 1 is 1.10 bits per heavy atom. The summed E-state index contributed by atoms with van der Waals surface area (Å²) in [6, 6.07) is 12.4. The molecule has 0 heterocycles. The van der Waals surface area contributed by atoms with Crippen LogP contribution < -0.4 is 5.32 Å². The van der Waals surface area contributed by atoms with Gasteiger partial charge < -0.3 is 5.32 Å². The van der Waals surface area contributed by atoms with Crippen LogP contribution in [-0.4, -0.2) is 6.04 Å². The van der Waals surface area contributed by atoms with Crippen LogP contribution in [0.1, 0.15) is 64.5 Å². The quantitative estimate of drug-likeness (QED) is 0.817. The molecule has 2 aliphatic rings. The van der Waals surface area contributed by atoms with Gasteiger partial charge in [-0.3, -0.25) is 0 Å². The first-order valence-electron chi connectivity index (χ1n) is 8.36. The van der Waals surface area contributed by atoms with Crippen LogP contribution in [0.3, 0.4) is 0 Å². The van der Waals surface area contributed by atoms with Crippen LogP contribution in [0.2, 0.25) is 0 Å². The molecule has 2 aliphatic carbocycles. The maximum Gasteiger partial charge on any atom is 0.0351 e. The van der Waals surface area contributed by atoms with Crippen molar-refractivity contribution in [2.24, 2.45) is 17.3 Å². The molecule has 1 nitrogen and oxygen atoms in total. The first-order chi connectivity index (χ1) is 9.55. The van der Waals surface area contributed by atoms with E-state index in [1.54, 1.807) is 0 Å². The fourth-order valence-corrected chi connectivity index (χ4v) is 4.02. The van der Waals surface area contributed by atoms with Crippen molar-refractivity contribution in [2.75, 3.05) is 0 Å². The van der Waals surface area contributed by atoms with E-state index in [0.29, 0.717) is 17.5 Å². The van der Waals surface area contributed by atoms with Crippen molar-refractivity contribution < 1.29 is 0 Å². The summed E-state index contributed by atoms with van der Waals surface area (Å²) in [5.41, 5.74) is 2.03. The molecule has 1 N–H and O–H groups in total. The molecule has 0 spiro atoms. The third kappa shape index (κ3) is 3.25. The van der Waals surface area contributed by atoms with Crippen LogP contribution in [0.5, 0.6) is 0 Å². The third-order valence-electron chi connectivity index (χ3n) is 5.34. The highest BCUT2D eigenvalue weighted by molar-refractivity contribution is 5.21. The van der Waals surface area contributed by atoms with Crippen molar-refractivity contribution in [3.8, 4) is 0 Å². The van der Waals surface area contributed by atoms with E-state index in [0.717, 1.165) is 11.8 Å². The summed E-state index contributed by atoms with van der Waals surface area (Å²) in [7, 11) is 0. The summed E-state index contributed by atoms with van der Waals surface area (Å²) in [5, 5.41) is 4.02. The molecule has 110 valence electrons. The van der Waals surface area contributed by atoms with Gasteiger partial charge in [0.05, 0.1) is 0 Å². The van der Waals surface area contributed by atoms with Crippen LogP contribution in [0.4, 0.5) is 0 Å². The van der Waals surface area contributed by atoms with Gasteiger partial charge in [-0.2, -0.15) is 0 Å². The van der Waals surface area contributed by atoms with Crippen molar-refractivity contribution >= 4 is 0 Å². The Bertz CT molecular complexity index is 432. The predicted molar refractivity (Wildman–Crippen MR) is 85.6 cm³/mol. The summed E-state index contributed by atoms with van der Waals surface area (Å²) in [5.74, 6) is 1.67. The Balaban J connectivity index is 1.69. The zero-order valence-corrected chi connectivity index (χ0v) is 13.2. The summed E-state index contributed by atoms with van der Waals surface area (Å²) < 4.78 is 0. The van der Waals surface area contributed by atoms with Crippen molar-refractivity contribution in [1.82, 2.24) is 5.32 Å². The lowest BCUT2D eigenvalue weighted by atomic mass is 9.70. The minimum Gasteiger partial charge on any atom is -0.307 e. The molecule has 0 saturated heterocycles. The van der Waals surface area contributed by atoms with E-state index >= 15 is 0 Å². The summed E-state index contributed by atoms with van der Waals surface area (Å²) in [6.45, 7) is 7.29. The zero-order valence-electron chi connectivity index (χ0n) is 13.2. The standard InChI is InChI=1S/C19H29N/c1-14-13-19(2,3)12-11-17(14)20-18(16-9-10-16)15-7-5-4-6-8-15/h4-8,14,16-18,20H,9-13H2,1-3H3. The molecule has 3 unspecified atom stereocenters. The van der Waals surface area contributed by atoms with Crippen LogP contribution >= 0.6 is 0 Å². The molecule has 0 aliphatic heterocycles. The maximum atomic E-state index is 4.02. The predicted octanol–water partition coefficient (Wildman–Crippen LogP) is 4.94. The molecular formula is C19H29N. The highest BCUT2D eigenvalue weighted by Gasteiger charge is 2.37. The molecule has 1 aromatic carbocycles. The van der Waals surface area contributed by atoms with E-state index < -0.39 is 0 Å². The monoisotopic (exact) mass is 271 g/mol. The Morgan fingerprint density at radius 3 is 2.40 bits per heavy atom. The molecule has 3 atom stereocenters. The smallest absolute Gasteiger partial charge is 0.0351 e. The first-order valence-corrected chi connectivity index (χ1v) is 8.36. The Morgan fingerprint density at radius 2 is 1.80 bits per heavy atom. The van der Waals surface area contributed by atoms with E-state index in [1.165, 1.54) is 37.7 Å². The summed E-state index contributed by atoms with van der Waals surface area (Å²) in [4.78, 5) is 0. The van der Waals surface area contributed by atoms with E-state index in [4.69, 9.17) is 0 Å². The SMILES string of the molecule is CC1CC(C)(C)CCC1NC(c1ccccc1)C1CC1. The van der Waals surface area contributed by atoms with Gasteiger partial charge in [0, 0.05) is 12.1 Å². The van der Waals surface area contributed by atoms with Crippen LogP contribution in [-0.2, 0) is 0 Å². The van der Waals surface area contributed by atoms with Crippen molar-refractivity contribution in [2.45, 2.75) is 65.0 Å². The van der Waals surface area contributed by atoms with E-state index in [1.807, 2.05) is 0 Å². The second kappa shape index (κ2) is 5.52. The number of benzene rings is 1. The lowest BCUT2D eigenvalue weighted by Crippen LogP contribution is -2.43. The normalized spacial score (nSPS) is 30.9. The van der Waals surface area contributed by atoms with Crippen LogP contribution in [0, 0.1) is 17.3 Å². The van der Waals surface area contributed by atoms with Gasteiger partial charge in [0.1, 0.15) is 0 Å². The molecular weight excluding hydrogens is 242 g/mol. The Labute approximate surface area is 124 Å². The number of nitrogens with one attached hydrogen (secondary N) is 1. The molecule has 20 heavy (non-hydrogen) atoms. The molecule has 2 saturated carbocycles. The molecule has 0 aromatic heterocycles. The van der Waals surface area contributed by atoms with Gasteiger partial charge in [-0.25, -0.2) is 0 Å². The fraction of sp³-hybridized carbons (Fsp3) is 0.684. The molecule has 2 fully saturated rings. The molecule has 0 bridgehead atoms. The van der Waals surface area contributed by atoms with Crippen molar-refractivity contribution in [3.63, 3.8) is 0 Å². The lowest BCUT2D eigenvalue weighted by Gasteiger charge is -2.41. The van der Waals surface area contributed by atoms with Crippen LogP contribution in [0.25, 0.3) is 0 Å². The molecule has 0 radical (unpaired) electrons. The number of hydrogen-bond donors (Lipinski definition) is 1. The minimum absolute atomic E-state index is 0.541. The number of rotatable bonds is 4. The molecule has 1 aromatic rings. The topological polar surface area (TPSA) is 12.0 Å². The maximum absolute atomic E-state index is 4.02. The van der Waals surface area contributed by atoms with Crippen molar-refractivity contribution in [1.29, 1.82) is 0 Å². The average molecular weight is 271 g/mol. The molecule has 0 amide bonds. The summed E-state index contributed by atoms with van der Waals surface area (Å²) >= 11 is 0. The molecule has 1 heteroatoms. The summed E-state index contributed by atoms with van der Waals surface area (Å²) in [6.07, 6.45) is 6.86.